The molecule has 1 amide bonds. The van der Waals surface area contributed by atoms with Crippen LogP contribution < -0.4 is 10.6 Å². The van der Waals surface area contributed by atoms with Crippen molar-refractivity contribution >= 4 is 22.9 Å². The van der Waals surface area contributed by atoms with Crippen molar-refractivity contribution < 1.29 is 19.7 Å². The van der Waals surface area contributed by atoms with E-state index in [1.165, 1.54) is 24.3 Å². The summed E-state index contributed by atoms with van der Waals surface area (Å²) in [4.78, 5) is 28.8. The van der Waals surface area contributed by atoms with Gasteiger partial charge < -0.3 is 25.6 Å². The van der Waals surface area contributed by atoms with Gasteiger partial charge in [0, 0.05) is 13.2 Å². The number of aliphatic hydroxyl groups is 2. The van der Waals surface area contributed by atoms with Crippen molar-refractivity contribution in [3.63, 3.8) is 0 Å². The fourth-order valence-electron chi connectivity index (χ4n) is 3.09. The molecule has 3 aromatic heterocycles. The second kappa shape index (κ2) is 7.46. The third kappa shape index (κ3) is 3.15. The quantitative estimate of drug-likeness (QED) is 0.443. The summed E-state index contributed by atoms with van der Waals surface area (Å²) >= 11 is 0. The van der Waals surface area contributed by atoms with E-state index in [1.807, 2.05) is 18.2 Å². The number of aromatic nitrogens is 5. The molecule has 1 aliphatic rings. The lowest BCUT2D eigenvalue weighted by molar-refractivity contribution is -0.137. The first-order chi connectivity index (χ1) is 13.6. The Bertz CT molecular complexity index is 980. The Hall–Kier alpha value is -3.15. The summed E-state index contributed by atoms with van der Waals surface area (Å²) in [6, 6.07) is 5.61. The number of pyridine rings is 1. The molecule has 0 spiro atoms. The number of imidazole rings is 1. The van der Waals surface area contributed by atoms with Gasteiger partial charge in [-0.25, -0.2) is 15.0 Å². The lowest BCUT2D eigenvalue weighted by Crippen LogP contribution is -2.41. The molecule has 0 aromatic carbocycles. The third-order valence-corrected chi connectivity index (χ3v) is 4.54. The van der Waals surface area contributed by atoms with Gasteiger partial charge in [-0.1, -0.05) is 6.07 Å². The highest BCUT2D eigenvalue weighted by Gasteiger charge is 2.47. The summed E-state index contributed by atoms with van der Waals surface area (Å²) in [6.07, 6.45) is -0.403. The van der Waals surface area contributed by atoms with Crippen molar-refractivity contribution in [3.8, 4) is 0 Å². The number of carbonyl (C=O) groups is 1. The highest BCUT2D eigenvalue weighted by molar-refractivity contribution is 5.83. The average Bonchev–Trinajstić information content (AvgIpc) is 3.28. The van der Waals surface area contributed by atoms with Gasteiger partial charge in [-0.3, -0.25) is 14.3 Å². The second-order valence-corrected chi connectivity index (χ2v) is 6.26. The van der Waals surface area contributed by atoms with Crippen LogP contribution in [0, 0.1) is 0 Å². The van der Waals surface area contributed by atoms with Crippen LogP contribution in [0.2, 0.25) is 0 Å². The number of hydrogen-bond acceptors (Lipinski definition) is 9. The van der Waals surface area contributed by atoms with E-state index in [4.69, 9.17) is 4.74 Å². The number of aliphatic hydroxyl groups excluding tert-OH is 2. The van der Waals surface area contributed by atoms with Crippen molar-refractivity contribution in [3.05, 3.63) is 42.7 Å². The third-order valence-electron chi connectivity index (χ3n) is 4.54. The van der Waals surface area contributed by atoms with Gasteiger partial charge in [0.25, 0.3) is 5.91 Å². The van der Waals surface area contributed by atoms with Crippen LogP contribution >= 0.6 is 0 Å². The lowest BCUT2D eigenvalue weighted by atomic mass is 10.1. The summed E-state index contributed by atoms with van der Waals surface area (Å²) in [7, 11) is 1.43. The first-order valence-corrected chi connectivity index (χ1v) is 8.64. The summed E-state index contributed by atoms with van der Waals surface area (Å²) in [5.41, 5.74) is 1.69. The van der Waals surface area contributed by atoms with Gasteiger partial charge in [-0.2, -0.15) is 0 Å². The van der Waals surface area contributed by atoms with Gasteiger partial charge in [-0.05, 0) is 12.1 Å². The first kappa shape index (κ1) is 18.2. The molecule has 4 atom stereocenters. The number of hydrogen-bond donors (Lipinski definition) is 4. The Balaban J connectivity index is 1.60. The van der Waals surface area contributed by atoms with Gasteiger partial charge in [0.1, 0.15) is 18.5 Å². The number of rotatable bonds is 5. The van der Waals surface area contributed by atoms with Crippen LogP contribution in [-0.2, 0) is 16.1 Å². The number of ether oxygens (including phenoxy) is 1. The second-order valence-electron chi connectivity index (χ2n) is 6.26. The topological polar surface area (TPSA) is 147 Å². The Morgan fingerprint density at radius 1 is 1.21 bits per heavy atom. The zero-order chi connectivity index (χ0) is 19.7. The van der Waals surface area contributed by atoms with Gasteiger partial charge in [0.05, 0.1) is 18.6 Å². The van der Waals surface area contributed by atoms with Crippen LogP contribution in [-0.4, -0.2) is 66.0 Å². The molecule has 0 bridgehead atoms. The van der Waals surface area contributed by atoms with Gasteiger partial charge >= 0.3 is 0 Å². The van der Waals surface area contributed by atoms with Crippen molar-refractivity contribution in [2.75, 3.05) is 12.4 Å². The number of carbonyl (C=O) groups excluding carboxylic acids is 1. The minimum atomic E-state index is -1.37. The minimum Gasteiger partial charge on any atom is -0.387 e. The number of nitrogens with zero attached hydrogens (tertiary/aromatic N) is 5. The molecule has 28 heavy (non-hydrogen) atoms. The molecule has 0 aliphatic carbocycles. The molecular formula is C17H19N7O4. The Labute approximate surface area is 159 Å². The minimum absolute atomic E-state index is 0.396. The van der Waals surface area contributed by atoms with Crippen LogP contribution in [0.5, 0.6) is 0 Å². The van der Waals surface area contributed by atoms with E-state index in [1.54, 1.807) is 6.20 Å². The molecule has 0 radical (unpaired) electrons. The molecule has 2 unspecified atom stereocenters. The summed E-state index contributed by atoms with van der Waals surface area (Å²) in [5.74, 6) is -0.0314. The predicted octanol–water partition coefficient (Wildman–Crippen LogP) is -0.801. The molecule has 4 N–H and O–H groups in total. The molecule has 1 saturated heterocycles. The number of nitrogens with one attached hydrogen (secondary N) is 2. The Morgan fingerprint density at radius 3 is 2.82 bits per heavy atom. The summed E-state index contributed by atoms with van der Waals surface area (Å²) < 4.78 is 7.05. The van der Waals surface area contributed by atoms with E-state index in [2.05, 4.69) is 30.6 Å². The fraction of sp³-hybridized carbons (Fsp3) is 0.353. The molecule has 11 heteroatoms. The van der Waals surface area contributed by atoms with Crippen LogP contribution in [0.3, 0.4) is 0 Å². The number of fused-ring (bicyclic) bond motifs is 1. The highest BCUT2D eigenvalue weighted by atomic mass is 16.6. The Kier molecular flexibility index (Phi) is 4.86. The van der Waals surface area contributed by atoms with E-state index < -0.39 is 30.4 Å². The van der Waals surface area contributed by atoms with Crippen molar-refractivity contribution in [1.29, 1.82) is 0 Å². The monoisotopic (exact) mass is 385 g/mol. The van der Waals surface area contributed by atoms with E-state index in [0.717, 1.165) is 5.69 Å². The maximum Gasteiger partial charge on any atom is 0.251 e. The van der Waals surface area contributed by atoms with Gasteiger partial charge in [-0.15, -0.1) is 0 Å². The molecule has 1 fully saturated rings. The van der Waals surface area contributed by atoms with Crippen molar-refractivity contribution in [2.45, 2.75) is 31.1 Å². The normalized spacial score (nSPS) is 24.4. The molecular weight excluding hydrogens is 366 g/mol. The first-order valence-electron chi connectivity index (χ1n) is 8.64. The van der Waals surface area contributed by atoms with Gasteiger partial charge in [0.2, 0.25) is 0 Å². The smallest absolute Gasteiger partial charge is 0.251 e. The van der Waals surface area contributed by atoms with E-state index >= 15 is 0 Å². The average molecular weight is 385 g/mol. The Morgan fingerprint density at radius 2 is 2.07 bits per heavy atom. The standard InChI is InChI=1S/C17H19N7O4/c1-18-16(27)13-11(25)12(26)17(28-13)24-8-23-10-14(21-7-22-15(10)24)20-6-9-4-2-3-5-19-9/h2-5,7-8,11-13,17,25-26H,6H2,1H3,(H,18,27)(H,20,21,22)/t11?,12?,13-,17+/m0/s1. The maximum absolute atomic E-state index is 11.8. The fourth-order valence-corrected chi connectivity index (χ4v) is 3.09. The molecule has 4 heterocycles. The molecule has 11 nitrogen and oxygen atoms in total. The van der Waals surface area contributed by atoms with Crippen LogP contribution in [0.4, 0.5) is 5.82 Å². The predicted molar refractivity (Wildman–Crippen MR) is 96.9 cm³/mol. The van der Waals surface area contributed by atoms with Crippen molar-refractivity contribution in [1.82, 2.24) is 29.8 Å². The maximum atomic E-state index is 11.8. The molecule has 0 saturated carbocycles. The molecule has 146 valence electrons. The zero-order valence-corrected chi connectivity index (χ0v) is 14.9. The van der Waals surface area contributed by atoms with Crippen LogP contribution in [0.25, 0.3) is 11.2 Å². The summed E-state index contributed by atoms with van der Waals surface area (Å²) in [6.45, 7) is 0.444. The van der Waals surface area contributed by atoms with Gasteiger partial charge in [0.15, 0.2) is 29.3 Å². The number of anilines is 1. The molecule has 3 aromatic rings. The van der Waals surface area contributed by atoms with Crippen LogP contribution in [0.1, 0.15) is 11.9 Å². The van der Waals surface area contributed by atoms with E-state index in [9.17, 15) is 15.0 Å². The van der Waals surface area contributed by atoms with E-state index in [-0.39, 0.29) is 0 Å². The largest absolute Gasteiger partial charge is 0.387 e. The van der Waals surface area contributed by atoms with Crippen LogP contribution in [0.15, 0.2) is 37.1 Å². The van der Waals surface area contributed by atoms with Crippen molar-refractivity contribution in [2.24, 2.45) is 0 Å². The number of amides is 1. The lowest BCUT2D eigenvalue weighted by Gasteiger charge is -2.16. The molecule has 4 rings (SSSR count). The van der Waals surface area contributed by atoms with E-state index in [0.29, 0.717) is 23.5 Å². The SMILES string of the molecule is CNC(=O)[C@H]1O[C@@H](n2cnc3c(NCc4ccccn4)ncnc32)C(O)C1O. The molecule has 1 aliphatic heterocycles. The zero-order valence-electron chi connectivity index (χ0n) is 14.9. The highest BCUT2D eigenvalue weighted by Crippen LogP contribution is 2.32. The summed E-state index contributed by atoms with van der Waals surface area (Å²) in [5, 5.41) is 26.1. The number of likely N-dealkylation sites (N-methyl/N-ethyl adjacent to an activating group) is 1.